The van der Waals surface area contributed by atoms with Crippen molar-refractivity contribution in [1.29, 1.82) is 0 Å². The molecule has 1 atom stereocenters. The van der Waals surface area contributed by atoms with Gasteiger partial charge in [0.25, 0.3) is 5.91 Å². The summed E-state index contributed by atoms with van der Waals surface area (Å²) in [6.07, 6.45) is -3.51. The van der Waals surface area contributed by atoms with Crippen LogP contribution in [0.2, 0.25) is 5.02 Å². The zero-order valence-corrected chi connectivity index (χ0v) is 16.0. The van der Waals surface area contributed by atoms with Crippen LogP contribution in [-0.4, -0.2) is 39.5 Å². The molecule has 0 bridgehead atoms. The number of nitrogens with one attached hydrogen (secondary N) is 1. The Morgan fingerprint density at radius 1 is 1.28 bits per heavy atom. The number of hydrogen-bond donors (Lipinski definition) is 2. The number of likely N-dealkylation sites (tertiary alicyclic amines) is 1. The maximum atomic E-state index is 13.1. The highest BCUT2D eigenvalue weighted by Crippen LogP contribution is 2.34. The van der Waals surface area contributed by atoms with Crippen molar-refractivity contribution in [2.45, 2.75) is 31.6 Å². The highest BCUT2D eigenvalue weighted by molar-refractivity contribution is 6.32. The molecule has 1 unspecified atom stereocenters. The zero-order chi connectivity index (χ0) is 20.8. The third kappa shape index (κ3) is 3.95. The topological polar surface area (TPSA) is 75.0 Å². The number of halogens is 4. The Kier molecular flexibility index (Phi) is 5.00. The third-order valence-electron chi connectivity index (χ3n) is 5.17. The smallest absolute Gasteiger partial charge is 0.366 e. The molecule has 152 valence electrons. The molecule has 0 aliphatic carbocycles. The molecular formula is C20H18ClF3N4O. The van der Waals surface area contributed by atoms with Crippen molar-refractivity contribution in [2.75, 3.05) is 6.54 Å². The fourth-order valence-electron chi connectivity index (χ4n) is 3.80. The lowest BCUT2D eigenvalue weighted by Gasteiger charge is -2.26. The average Bonchev–Trinajstić information content (AvgIpc) is 3.28. The summed E-state index contributed by atoms with van der Waals surface area (Å²) in [6.45, 7) is 0.679. The predicted molar refractivity (Wildman–Crippen MR) is 105 cm³/mol. The van der Waals surface area contributed by atoms with E-state index >= 15 is 0 Å². The second-order valence-electron chi connectivity index (χ2n) is 7.17. The van der Waals surface area contributed by atoms with Crippen LogP contribution in [0.4, 0.5) is 13.2 Å². The number of imidazole rings is 1. The largest absolute Gasteiger partial charge is 0.404 e. The van der Waals surface area contributed by atoms with E-state index < -0.39 is 18.1 Å². The summed E-state index contributed by atoms with van der Waals surface area (Å²) in [5, 5.41) is 0.363. The Morgan fingerprint density at radius 2 is 2.00 bits per heavy atom. The number of hydrogen-bond acceptors (Lipinski definition) is 3. The van der Waals surface area contributed by atoms with Crippen LogP contribution < -0.4 is 5.73 Å². The lowest BCUT2D eigenvalue weighted by molar-refractivity contribution is -0.177. The molecule has 3 N–H and O–H groups in total. The Balaban J connectivity index is 1.58. The fraction of sp³-hybridized carbons (Fsp3) is 0.300. The molecule has 4 rings (SSSR count). The van der Waals surface area contributed by atoms with E-state index in [1.807, 2.05) is 0 Å². The summed E-state index contributed by atoms with van der Waals surface area (Å²) in [7, 11) is 0. The summed E-state index contributed by atoms with van der Waals surface area (Å²) >= 11 is 6.03. The van der Waals surface area contributed by atoms with Gasteiger partial charge in [-0.3, -0.25) is 9.69 Å². The molecule has 5 nitrogen and oxygen atoms in total. The Bertz CT molecular complexity index is 1060. The summed E-state index contributed by atoms with van der Waals surface area (Å²) in [5.41, 5.74) is 8.16. The number of benzene rings is 2. The van der Waals surface area contributed by atoms with Crippen molar-refractivity contribution in [1.82, 2.24) is 14.9 Å². The molecular weight excluding hydrogens is 405 g/mol. The van der Waals surface area contributed by atoms with E-state index in [9.17, 15) is 18.0 Å². The first-order valence-electron chi connectivity index (χ1n) is 9.11. The SMILES string of the molecule is NC(=O)c1cc(Cl)cc2[nH]c(-c3ccc(CN4CCCC4C(F)(F)F)cc3)nc12. The summed E-state index contributed by atoms with van der Waals surface area (Å²) in [5.74, 6) is -0.110. The van der Waals surface area contributed by atoms with Gasteiger partial charge in [0.2, 0.25) is 0 Å². The molecule has 1 aliphatic heterocycles. The lowest BCUT2D eigenvalue weighted by atomic mass is 10.1. The standard InChI is InChI=1S/C20H18ClF3N4O/c21-13-8-14(18(25)29)17-15(9-13)26-19(27-17)12-5-3-11(4-6-12)10-28-7-1-2-16(28)20(22,23)24/h3-6,8-9,16H,1-2,7,10H2,(H2,25,29)(H,26,27). The monoisotopic (exact) mass is 422 g/mol. The van der Waals surface area contributed by atoms with Gasteiger partial charge in [-0.05, 0) is 37.1 Å². The lowest BCUT2D eigenvalue weighted by Crippen LogP contribution is -2.40. The highest BCUT2D eigenvalue weighted by Gasteiger charge is 2.45. The van der Waals surface area contributed by atoms with Crippen LogP contribution in [0.5, 0.6) is 0 Å². The first-order chi connectivity index (χ1) is 13.7. The molecule has 0 saturated carbocycles. The first-order valence-corrected chi connectivity index (χ1v) is 9.49. The maximum absolute atomic E-state index is 13.1. The van der Waals surface area contributed by atoms with E-state index in [1.165, 1.54) is 11.0 Å². The molecule has 0 spiro atoms. The van der Waals surface area contributed by atoms with E-state index in [0.717, 1.165) is 11.1 Å². The molecule has 0 radical (unpaired) electrons. The number of nitrogens with two attached hydrogens (primary N) is 1. The van der Waals surface area contributed by atoms with Crippen LogP contribution in [0.1, 0.15) is 28.8 Å². The zero-order valence-electron chi connectivity index (χ0n) is 15.3. The van der Waals surface area contributed by atoms with Gasteiger partial charge in [-0.1, -0.05) is 35.9 Å². The number of rotatable bonds is 4. The van der Waals surface area contributed by atoms with Gasteiger partial charge in [-0.25, -0.2) is 4.98 Å². The molecule has 2 heterocycles. The second kappa shape index (κ2) is 7.35. The van der Waals surface area contributed by atoms with Gasteiger partial charge in [0.05, 0.1) is 11.1 Å². The number of nitrogens with zero attached hydrogens (tertiary/aromatic N) is 2. The number of carbonyl (C=O) groups excluding carboxylic acids is 1. The Morgan fingerprint density at radius 3 is 2.66 bits per heavy atom. The minimum atomic E-state index is -4.20. The molecule has 1 fully saturated rings. The van der Waals surface area contributed by atoms with Gasteiger partial charge in [0.1, 0.15) is 17.4 Å². The van der Waals surface area contributed by atoms with Gasteiger partial charge in [0.15, 0.2) is 0 Å². The van der Waals surface area contributed by atoms with E-state index in [2.05, 4.69) is 9.97 Å². The summed E-state index contributed by atoms with van der Waals surface area (Å²) in [6, 6.07) is 8.89. The summed E-state index contributed by atoms with van der Waals surface area (Å²) < 4.78 is 39.4. The number of amides is 1. The molecule has 1 aliphatic rings. The quantitative estimate of drug-likeness (QED) is 0.649. The van der Waals surface area contributed by atoms with Crippen molar-refractivity contribution in [3.63, 3.8) is 0 Å². The van der Waals surface area contributed by atoms with Crippen molar-refractivity contribution < 1.29 is 18.0 Å². The van der Waals surface area contributed by atoms with Gasteiger partial charge in [-0.2, -0.15) is 13.2 Å². The second-order valence-corrected chi connectivity index (χ2v) is 7.60. The van der Waals surface area contributed by atoms with Crippen LogP contribution in [0.3, 0.4) is 0 Å². The third-order valence-corrected chi connectivity index (χ3v) is 5.39. The predicted octanol–water partition coefficient (Wildman–Crippen LogP) is 4.51. The van der Waals surface area contributed by atoms with Gasteiger partial charge in [0, 0.05) is 17.1 Å². The molecule has 2 aromatic carbocycles. The number of H-pyrrole nitrogens is 1. The number of aromatic amines is 1. The number of aromatic nitrogens is 2. The summed E-state index contributed by atoms with van der Waals surface area (Å²) in [4.78, 5) is 20.7. The van der Waals surface area contributed by atoms with Crippen molar-refractivity contribution in [2.24, 2.45) is 5.73 Å². The van der Waals surface area contributed by atoms with E-state index in [1.54, 1.807) is 30.3 Å². The highest BCUT2D eigenvalue weighted by atomic mass is 35.5. The first kappa shape index (κ1) is 19.7. The Labute approximate surface area is 169 Å². The van der Waals surface area contributed by atoms with E-state index in [4.69, 9.17) is 17.3 Å². The van der Waals surface area contributed by atoms with Crippen molar-refractivity contribution >= 4 is 28.5 Å². The van der Waals surface area contributed by atoms with Crippen LogP contribution >= 0.6 is 11.6 Å². The van der Waals surface area contributed by atoms with E-state index in [-0.39, 0.29) is 18.5 Å². The number of fused-ring (bicyclic) bond motifs is 1. The molecule has 1 saturated heterocycles. The molecule has 29 heavy (non-hydrogen) atoms. The van der Waals surface area contributed by atoms with E-state index in [0.29, 0.717) is 34.8 Å². The Hall–Kier alpha value is -2.58. The fourth-order valence-corrected chi connectivity index (χ4v) is 4.01. The maximum Gasteiger partial charge on any atom is 0.404 e. The van der Waals surface area contributed by atoms with Crippen LogP contribution in [0.15, 0.2) is 36.4 Å². The minimum Gasteiger partial charge on any atom is -0.366 e. The minimum absolute atomic E-state index is 0.144. The molecule has 3 aromatic rings. The number of alkyl halides is 3. The molecule has 9 heteroatoms. The molecule has 1 amide bonds. The van der Waals surface area contributed by atoms with Crippen LogP contribution in [0, 0.1) is 0 Å². The van der Waals surface area contributed by atoms with Gasteiger partial charge < -0.3 is 10.7 Å². The van der Waals surface area contributed by atoms with Crippen molar-refractivity contribution in [3.8, 4) is 11.4 Å². The number of primary amides is 1. The molecule has 1 aromatic heterocycles. The normalized spacial score (nSPS) is 17.9. The van der Waals surface area contributed by atoms with Crippen LogP contribution in [-0.2, 0) is 6.54 Å². The number of carbonyl (C=O) groups is 1. The van der Waals surface area contributed by atoms with Crippen LogP contribution in [0.25, 0.3) is 22.4 Å². The average molecular weight is 423 g/mol. The van der Waals surface area contributed by atoms with Crippen molar-refractivity contribution in [3.05, 3.63) is 52.5 Å². The van der Waals surface area contributed by atoms with Gasteiger partial charge in [-0.15, -0.1) is 0 Å². The van der Waals surface area contributed by atoms with Gasteiger partial charge >= 0.3 is 6.18 Å².